The lowest BCUT2D eigenvalue weighted by atomic mass is 10.0. The molecule has 0 bridgehead atoms. The number of aliphatic imine (C=N–C) groups is 1. The summed E-state index contributed by atoms with van der Waals surface area (Å²) in [5, 5.41) is 12.8. The number of hydrogen-bond donors (Lipinski definition) is 1. The summed E-state index contributed by atoms with van der Waals surface area (Å²) >= 11 is 3.31. The molecular formula is C13H12BrNO. The molecule has 0 saturated heterocycles. The maximum atomic E-state index is 9.80. The van der Waals surface area contributed by atoms with Gasteiger partial charge in [0.2, 0.25) is 0 Å². The number of nitrogens with zero attached hydrogens (tertiary/aromatic N) is 1. The van der Waals surface area contributed by atoms with Crippen molar-refractivity contribution >= 4 is 32.9 Å². The van der Waals surface area contributed by atoms with Gasteiger partial charge in [-0.15, -0.1) is 0 Å². The van der Waals surface area contributed by atoms with E-state index in [1.165, 1.54) is 0 Å². The summed E-state index contributed by atoms with van der Waals surface area (Å²) in [4.78, 5) is 4.24. The summed E-state index contributed by atoms with van der Waals surface area (Å²) in [6.45, 7) is 0.711. The maximum Gasteiger partial charge on any atom is 0.124 e. The predicted molar refractivity (Wildman–Crippen MR) is 71.9 cm³/mol. The Hall–Kier alpha value is -1.35. The van der Waals surface area contributed by atoms with E-state index in [4.69, 9.17) is 0 Å². The van der Waals surface area contributed by atoms with Gasteiger partial charge in [-0.3, -0.25) is 4.99 Å². The Morgan fingerprint density at radius 1 is 1.19 bits per heavy atom. The third-order valence-corrected chi connectivity index (χ3v) is 2.74. The fourth-order valence-corrected chi connectivity index (χ4v) is 1.83. The molecule has 0 aliphatic heterocycles. The fraction of sp³-hybridized carbons (Fsp3) is 0.154. The molecule has 0 unspecified atom stereocenters. The normalized spacial score (nSPS) is 11.3. The Bertz CT molecular complexity index is 522. The molecule has 0 fully saturated rings. The van der Waals surface area contributed by atoms with Crippen molar-refractivity contribution in [2.75, 3.05) is 11.9 Å². The molecule has 2 nitrogen and oxygen atoms in total. The summed E-state index contributed by atoms with van der Waals surface area (Å²) in [7, 11) is 0. The Morgan fingerprint density at radius 3 is 2.81 bits per heavy atom. The van der Waals surface area contributed by atoms with Crippen molar-refractivity contribution in [2.24, 2.45) is 4.99 Å². The second kappa shape index (κ2) is 5.12. The first kappa shape index (κ1) is 11.1. The first-order valence-electron chi connectivity index (χ1n) is 5.09. The van der Waals surface area contributed by atoms with Gasteiger partial charge in [0.15, 0.2) is 0 Å². The number of fused-ring (bicyclic) bond motifs is 1. The minimum Gasteiger partial charge on any atom is -0.507 e. The molecule has 0 amide bonds. The summed E-state index contributed by atoms with van der Waals surface area (Å²) in [5.41, 5.74) is 0.791. The van der Waals surface area contributed by atoms with E-state index in [2.05, 4.69) is 20.9 Å². The smallest absolute Gasteiger partial charge is 0.124 e. The van der Waals surface area contributed by atoms with E-state index >= 15 is 0 Å². The Morgan fingerprint density at radius 2 is 2.00 bits per heavy atom. The molecule has 0 aliphatic rings. The average Bonchev–Trinajstić information content (AvgIpc) is 2.32. The highest BCUT2D eigenvalue weighted by Crippen LogP contribution is 2.25. The number of alkyl halides is 1. The summed E-state index contributed by atoms with van der Waals surface area (Å²) in [6, 6.07) is 11.6. The SMILES string of the molecule is Oc1ccc2ccccc2c1C=NCCBr. The van der Waals surface area contributed by atoms with Crippen molar-refractivity contribution in [3.05, 3.63) is 42.0 Å². The molecular weight excluding hydrogens is 266 g/mol. The van der Waals surface area contributed by atoms with Crippen LogP contribution in [0.2, 0.25) is 0 Å². The van der Waals surface area contributed by atoms with Crippen molar-refractivity contribution in [2.45, 2.75) is 0 Å². The number of hydrogen-bond acceptors (Lipinski definition) is 2. The number of phenols is 1. The van der Waals surface area contributed by atoms with Crippen LogP contribution in [0, 0.1) is 0 Å². The molecule has 2 rings (SSSR count). The van der Waals surface area contributed by atoms with Gasteiger partial charge in [0.05, 0.1) is 0 Å². The monoisotopic (exact) mass is 277 g/mol. The first-order chi connectivity index (χ1) is 7.83. The third kappa shape index (κ3) is 2.25. The number of halogens is 1. The molecule has 0 aliphatic carbocycles. The van der Waals surface area contributed by atoms with Crippen LogP contribution in [0.5, 0.6) is 5.75 Å². The van der Waals surface area contributed by atoms with Crippen LogP contribution in [0.1, 0.15) is 5.56 Å². The standard InChI is InChI=1S/C13H12BrNO/c14-7-8-15-9-12-11-4-2-1-3-10(11)5-6-13(12)16/h1-6,9,16H,7-8H2. The second-order valence-electron chi connectivity index (χ2n) is 3.44. The quantitative estimate of drug-likeness (QED) is 0.677. The van der Waals surface area contributed by atoms with Crippen molar-refractivity contribution < 1.29 is 5.11 Å². The zero-order valence-corrected chi connectivity index (χ0v) is 10.3. The maximum absolute atomic E-state index is 9.80. The fourth-order valence-electron chi connectivity index (χ4n) is 1.62. The van der Waals surface area contributed by atoms with Crippen LogP contribution < -0.4 is 0 Å². The molecule has 0 heterocycles. The van der Waals surface area contributed by atoms with Crippen molar-refractivity contribution in [1.82, 2.24) is 0 Å². The van der Waals surface area contributed by atoms with Crippen molar-refractivity contribution in [3.63, 3.8) is 0 Å². The van der Waals surface area contributed by atoms with E-state index < -0.39 is 0 Å². The van der Waals surface area contributed by atoms with E-state index in [0.717, 1.165) is 21.7 Å². The topological polar surface area (TPSA) is 32.6 Å². The summed E-state index contributed by atoms with van der Waals surface area (Å²) in [5.74, 6) is 0.275. The molecule has 0 atom stereocenters. The zero-order chi connectivity index (χ0) is 11.4. The molecule has 3 heteroatoms. The van der Waals surface area contributed by atoms with E-state index in [1.807, 2.05) is 30.3 Å². The highest BCUT2D eigenvalue weighted by Gasteiger charge is 2.03. The van der Waals surface area contributed by atoms with E-state index in [0.29, 0.717) is 6.54 Å². The molecule has 0 saturated carbocycles. The second-order valence-corrected chi connectivity index (χ2v) is 4.24. The highest BCUT2D eigenvalue weighted by molar-refractivity contribution is 9.09. The number of rotatable bonds is 3. The van der Waals surface area contributed by atoms with Crippen molar-refractivity contribution in [1.29, 1.82) is 0 Å². The van der Waals surface area contributed by atoms with Crippen molar-refractivity contribution in [3.8, 4) is 5.75 Å². The lowest BCUT2D eigenvalue weighted by molar-refractivity contribution is 0.475. The van der Waals surface area contributed by atoms with Crippen LogP contribution in [-0.4, -0.2) is 23.2 Å². The first-order valence-corrected chi connectivity index (χ1v) is 6.21. The van der Waals surface area contributed by atoms with Gasteiger partial charge in [0.25, 0.3) is 0 Å². The summed E-state index contributed by atoms with van der Waals surface area (Å²) in [6.07, 6.45) is 1.74. The highest BCUT2D eigenvalue weighted by atomic mass is 79.9. The van der Waals surface area contributed by atoms with Gasteiger partial charge in [-0.05, 0) is 16.8 Å². The van der Waals surface area contributed by atoms with Crippen LogP contribution in [0.4, 0.5) is 0 Å². The molecule has 1 N–H and O–H groups in total. The number of aromatic hydroxyl groups is 1. The van der Waals surface area contributed by atoms with Gasteiger partial charge in [-0.2, -0.15) is 0 Å². The van der Waals surface area contributed by atoms with E-state index in [9.17, 15) is 5.11 Å². The van der Waals surface area contributed by atoms with Gasteiger partial charge < -0.3 is 5.11 Å². The molecule has 0 aromatic heterocycles. The Balaban J connectivity index is 2.52. The third-order valence-electron chi connectivity index (χ3n) is 2.38. The molecule has 82 valence electrons. The Labute approximate surface area is 103 Å². The van der Waals surface area contributed by atoms with Gasteiger partial charge in [-0.1, -0.05) is 46.3 Å². The minimum atomic E-state index is 0.275. The van der Waals surface area contributed by atoms with Gasteiger partial charge in [0, 0.05) is 23.7 Å². The molecule has 2 aromatic rings. The largest absolute Gasteiger partial charge is 0.507 e. The minimum absolute atomic E-state index is 0.275. The van der Waals surface area contributed by atoms with Crippen LogP contribution in [0.25, 0.3) is 10.8 Å². The van der Waals surface area contributed by atoms with Gasteiger partial charge >= 0.3 is 0 Å². The van der Waals surface area contributed by atoms with E-state index in [-0.39, 0.29) is 5.75 Å². The van der Waals surface area contributed by atoms with Gasteiger partial charge in [0.1, 0.15) is 5.75 Å². The predicted octanol–water partition coefficient (Wildman–Crippen LogP) is 3.36. The van der Waals surface area contributed by atoms with Gasteiger partial charge in [-0.25, -0.2) is 0 Å². The average molecular weight is 278 g/mol. The molecule has 16 heavy (non-hydrogen) atoms. The van der Waals surface area contributed by atoms with Crippen LogP contribution >= 0.6 is 15.9 Å². The molecule has 0 radical (unpaired) electrons. The number of phenolic OH excluding ortho intramolecular Hbond substituents is 1. The molecule has 2 aromatic carbocycles. The van der Waals surface area contributed by atoms with E-state index in [1.54, 1.807) is 12.3 Å². The lowest BCUT2D eigenvalue weighted by Gasteiger charge is -2.04. The van der Waals surface area contributed by atoms with Crippen LogP contribution in [0.3, 0.4) is 0 Å². The van der Waals surface area contributed by atoms with Crippen LogP contribution in [0.15, 0.2) is 41.4 Å². The Kier molecular flexibility index (Phi) is 3.57. The zero-order valence-electron chi connectivity index (χ0n) is 8.73. The van der Waals surface area contributed by atoms with Crippen LogP contribution in [-0.2, 0) is 0 Å². The lowest BCUT2D eigenvalue weighted by Crippen LogP contribution is -1.88. The number of benzene rings is 2. The summed E-state index contributed by atoms with van der Waals surface area (Å²) < 4.78 is 0. The molecule has 0 spiro atoms.